The summed E-state index contributed by atoms with van der Waals surface area (Å²) in [4.78, 5) is 20.0. The average molecular weight is 312 g/mol. The minimum atomic E-state index is -0.274. The number of hydrogen-bond acceptors (Lipinski definition) is 5. The van der Waals surface area contributed by atoms with E-state index in [0.717, 1.165) is 16.9 Å². The molecule has 6 heteroatoms. The molecule has 1 heterocycles. The van der Waals surface area contributed by atoms with Crippen LogP contribution >= 0.6 is 0 Å². The lowest BCUT2D eigenvalue weighted by molar-refractivity contribution is 0.0951. The number of carbonyl (C=O) groups is 1. The van der Waals surface area contributed by atoms with Crippen molar-refractivity contribution in [1.82, 2.24) is 15.3 Å². The zero-order chi connectivity index (χ0) is 16.8. The molecule has 0 bridgehead atoms. The molecule has 3 N–H and O–H groups in total. The summed E-state index contributed by atoms with van der Waals surface area (Å²) in [6.07, 6.45) is 0. The van der Waals surface area contributed by atoms with Crippen LogP contribution in [0.3, 0.4) is 0 Å². The molecule has 0 aliphatic carbocycles. The van der Waals surface area contributed by atoms with Crippen LogP contribution in [0.2, 0.25) is 0 Å². The van der Waals surface area contributed by atoms with E-state index >= 15 is 0 Å². The number of carbonyl (C=O) groups excluding carboxylic acids is 1. The molecule has 0 unspecified atom stereocenters. The molecule has 0 saturated carbocycles. The molecule has 6 nitrogen and oxygen atoms in total. The molecule has 120 valence electrons. The SMILES string of the molecule is C=C(C)COc1ccc(-c2cc(C(=O)NCC)nc(N)n2)cc1. The van der Waals surface area contributed by atoms with E-state index in [2.05, 4.69) is 21.9 Å². The maximum absolute atomic E-state index is 11.9. The van der Waals surface area contributed by atoms with Crippen molar-refractivity contribution in [2.75, 3.05) is 18.9 Å². The third-order valence-corrected chi connectivity index (χ3v) is 2.95. The monoisotopic (exact) mass is 312 g/mol. The summed E-state index contributed by atoms with van der Waals surface area (Å²) in [6, 6.07) is 9.00. The van der Waals surface area contributed by atoms with Gasteiger partial charge >= 0.3 is 0 Å². The predicted molar refractivity (Wildman–Crippen MR) is 90.2 cm³/mol. The Morgan fingerprint density at radius 1 is 1.30 bits per heavy atom. The first-order valence-corrected chi connectivity index (χ1v) is 7.30. The number of benzene rings is 1. The van der Waals surface area contributed by atoms with Crippen LogP contribution in [0.1, 0.15) is 24.3 Å². The van der Waals surface area contributed by atoms with Crippen LogP contribution in [0.5, 0.6) is 5.75 Å². The van der Waals surface area contributed by atoms with Crippen LogP contribution in [-0.4, -0.2) is 29.0 Å². The van der Waals surface area contributed by atoms with Crippen molar-refractivity contribution in [2.24, 2.45) is 0 Å². The Balaban J connectivity index is 2.24. The number of hydrogen-bond donors (Lipinski definition) is 2. The summed E-state index contributed by atoms with van der Waals surface area (Å²) in [5.41, 5.74) is 8.31. The largest absolute Gasteiger partial charge is 0.489 e. The Morgan fingerprint density at radius 2 is 2.00 bits per heavy atom. The fraction of sp³-hybridized carbons (Fsp3) is 0.235. The maximum Gasteiger partial charge on any atom is 0.270 e. The Morgan fingerprint density at radius 3 is 2.61 bits per heavy atom. The number of nitrogens with zero attached hydrogens (tertiary/aromatic N) is 2. The normalized spacial score (nSPS) is 10.2. The number of nitrogens with two attached hydrogens (primary N) is 1. The number of rotatable bonds is 6. The number of nitrogens with one attached hydrogen (secondary N) is 1. The van der Waals surface area contributed by atoms with Gasteiger partial charge in [0.15, 0.2) is 0 Å². The van der Waals surface area contributed by atoms with E-state index in [-0.39, 0.29) is 17.5 Å². The van der Waals surface area contributed by atoms with Crippen molar-refractivity contribution in [2.45, 2.75) is 13.8 Å². The fourth-order valence-electron chi connectivity index (χ4n) is 1.91. The van der Waals surface area contributed by atoms with Gasteiger partial charge in [0.1, 0.15) is 18.1 Å². The van der Waals surface area contributed by atoms with Crippen molar-refractivity contribution in [3.63, 3.8) is 0 Å². The summed E-state index contributed by atoms with van der Waals surface area (Å²) in [7, 11) is 0. The molecule has 1 aromatic heterocycles. The molecular weight excluding hydrogens is 292 g/mol. The van der Waals surface area contributed by atoms with Crippen molar-refractivity contribution in [3.05, 3.63) is 48.2 Å². The number of amides is 1. The topological polar surface area (TPSA) is 90.1 Å². The molecule has 0 fully saturated rings. The molecule has 2 aromatic rings. The van der Waals surface area contributed by atoms with E-state index in [1.54, 1.807) is 6.07 Å². The number of ether oxygens (including phenoxy) is 1. The second kappa shape index (κ2) is 7.40. The van der Waals surface area contributed by atoms with E-state index in [9.17, 15) is 4.79 Å². The van der Waals surface area contributed by atoms with Gasteiger partial charge in [0.25, 0.3) is 5.91 Å². The molecule has 1 amide bonds. The Hall–Kier alpha value is -2.89. The molecule has 0 aliphatic rings. The number of nitrogen functional groups attached to an aromatic ring is 1. The molecule has 1 aromatic carbocycles. The van der Waals surface area contributed by atoms with Crippen LogP contribution < -0.4 is 15.8 Å². The first-order chi connectivity index (χ1) is 11.0. The molecule has 0 aliphatic heterocycles. The van der Waals surface area contributed by atoms with Crippen LogP contribution in [0.15, 0.2) is 42.5 Å². The summed E-state index contributed by atoms with van der Waals surface area (Å²) < 4.78 is 5.55. The fourth-order valence-corrected chi connectivity index (χ4v) is 1.91. The highest BCUT2D eigenvalue weighted by Gasteiger charge is 2.11. The van der Waals surface area contributed by atoms with Gasteiger partial charge < -0.3 is 15.8 Å². The second-order valence-electron chi connectivity index (χ2n) is 5.13. The lowest BCUT2D eigenvalue weighted by atomic mass is 10.1. The van der Waals surface area contributed by atoms with Crippen molar-refractivity contribution in [1.29, 1.82) is 0 Å². The van der Waals surface area contributed by atoms with Crippen LogP contribution in [-0.2, 0) is 0 Å². The maximum atomic E-state index is 11.9. The molecule has 0 atom stereocenters. The molecule has 23 heavy (non-hydrogen) atoms. The van der Waals surface area contributed by atoms with E-state index in [1.165, 1.54) is 0 Å². The van der Waals surface area contributed by atoms with Gasteiger partial charge in [0.2, 0.25) is 5.95 Å². The van der Waals surface area contributed by atoms with Crippen LogP contribution in [0, 0.1) is 0 Å². The Bertz CT molecular complexity index is 711. The summed E-state index contributed by atoms with van der Waals surface area (Å²) in [6.45, 7) is 8.53. The van der Waals surface area contributed by atoms with E-state index < -0.39 is 0 Å². The summed E-state index contributed by atoms with van der Waals surface area (Å²) in [5.74, 6) is 0.526. The summed E-state index contributed by atoms with van der Waals surface area (Å²) in [5, 5.41) is 2.69. The second-order valence-corrected chi connectivity index (χ2v) is 5.13. The highest BCUT2D eigenvalue weighted by atomic mass is 16.5. The van der Waals surface area contributed by atoms with E-state index in [4.69, 9.17) is 10.5 Å². The van der Waals surface area contributed by atoms with Crippen LogP contribution in [0.4, 0.5) is 5.95 Å². The van der Waals surface area contributed by atoms with Crippen LogP contribution in [0.25, 0.3) is 11.3 Å². The minimum Gasteiger partial charge on any atom is -0.489 e. The van der Waals surface area contributed by atoms with Gasteiger partial charge in [0, 0.05) is 12.1 Å². The third-order valence-electron chi connectivity index (χ3n) is 2.95. The minimum absolute atomic E-state index is 0.0614. The zero-order valence-corrected chi connectivity index (χ0v) is 13.3. The number of anilines is 1. The van der Waals surface area contributed by atoms with Crippen molar-refractivity contribution < 1.29 is 9.53 Å². The van der Waals surface area contributed by atoms with Gasteiger partial charge in [-0.2, -0.15) is 0 Å². The van der Waals surface area contributed by atoms with Gasteiger partial charge in [-0.15, -0.1) is 0 Å². The highest BCUT2D eigenvalue weighted by Crippen LogP contribution is 2.22. The lowest BCUT2D eigenvalue weighted by Gasteiger charge is -2.08. The van der Waals surface area contributed by atoms with Gasteiger partial charge in [0.05, 0.1) is 5.69 Å². The molecule has 0 saturated heterocycles. The first-order valence-electron chi connectivity index (χ1n) is 7.30. The van der Waals surface area contributed by atoms with E-state index in [1.807, 2.05) is 38.1 Å². The quantitative estimate of drug-likeness (QED) is 0.800. The standard InChI is InChI=1S/C17H20N4O2/c1-4-19-16(22)15-9-14(20-17(18)21-15)12-5-7-13(8-6-12)23-10-11(2)3/h5-9H,2,4,10H2,1,3H3,(H,19,22)(H2,18,20,21). The van der Waals surface area contributed by atoms with Crippen molar-refractivity contribution >= 4 is 11.9 Å². The van der Waals surface area contributed by atoms with Gasteiger partial charge in [-0.05, 0) is 49.8 Å². The van der Waals surface area contributed by atoms with E-state index in [0.29, 0.717) is 18.8 Å². The Kier molecular flexibility index (Phi) is 5.30. The predicted octanol–water partition coefficient (Wildman–Crippen LogP) is 2.43. The third kappa shape index (κ3) is 4.54. The smallest absolute Gasteiger partial charge is 0.270 e. The zero-order valence-electron chi connectivity index (χ0n) is 13.3. The van der Waals surface area contributed by atoms with Gasteiger partial charge in [-0.3, -0.25) is 4.79 Å². The molecule has 2 rings (SSSR count). The highest BCUT2D eigenvalue weighted by molar-refractivity contribution is 5.93. The van der Waals surface area contributed by atoms with Crippen molar-refractivity contribution in [3.8, 4) is 17.0 Å². The molecular formula is C17H20N4O2. The summed E-state index contributed by atoms with van der Waals surface area (Å²) >= 11 is 0. The lowest BCUT2D eigenvalue weighted by Crippen LogP contribution is -2.24. The first kappa shape index (κ1) is 16.5. The molecule has 0 radical (unpaired) electrons. The van der Waals surface area contributed by atoms with Gasteiger partial charge in [-0.1, -0.05) is 6.58 Å². The Labute approximate surface area is 135 Å². The average Bonchev–Trinajstić information content (AvgIpc) is 2.53. The molecule has 0 spiro atoms. The number of aromatic nitrogens is 2. The van der Waals surface area contributed by atoms with Gasteiger partial charge in [-0.25, -0.2) is 9.97 Å².